The lowest BCUT2D eigenvalue weighted by Crippen LogP contribution is -1.84. The van der Waals surface area contributed by atoms with Crippen molar-refractivity contribution in [3.05, 3.63) is 30.3 Å². The van der Waals surface area contributed by atoms with Gasteiger partial charge in [-0.2, -0.15) is 4.89 Å². The van der Waals surface area contributed by atoms with Crippen LogP contribution in [-0.4, -0.2) is 11.6 Å². The molecule has 0 amide bonds. The van der Waals surface area contributed by atoms with E-state index in [0.29, 0.717) is 5.75 Å². The maximum atomic E-state index is 11.6. The van der Waals surface area contributed by atoms with Crippen LogP contribution in [0.25, 0.3) is 0 Å². The molecule has 0 spiro atoms. The molecule has 0 aliphatic rings. The van der Waals surface area contributed by atoms with Crippen molar-refractivity contribution in [2.45, 2.75) is 0 Å². The molecule has 14 heavy (non-hydrogen) atoms. The van der Waals surface area contributed by atoms with Gasteiger partial charge >= 0.3 is 14.8 Å². The zero-order valence-corrected chi connectivity index (χ0v) is 10.2. The minimum absolute atomic E-state index is 0.461. The summed E-state index contributed by atoms with van der Waals surface area (Å²) in [5.41, 5.74) is 0. The molecule has 1 aromatic carbocycles. The van der Waals surface area contributed by atoms with E-state index >= 15 is 0 Å². The third kappa shape index (κ3) is 4.30. The minimum Gasteiger partial charge on any atom is -0.438 e. The normalized spacial score (nSPS) is 16.6. The molecule has 0 heterocycles. The average Bonchev–Trinajstić information content (AvgIpc) is 2.02. The van der Waals surface area contributed by atoms with Crippen molar-refractivity contribution in [1.82, 2.24) is 0 Å². The summed E-state index contributed by atoms with van der Waals surface area (Å²) in [6.07, 6.45) is 0. The Hall–Kier alpha value is -0.260. The Kier molecular flexibility index (Phi) is 4.22. The minimum atomic E-state index is -2.98. The maximum absolute atomic E-state index is 11.6. The largest absolute Gasteiger partial charge is 0.528 e. The zero-order valence-electron chi connectivity index (χ0n) is 7.45. The van der Waals surface area contributed by atoms with Gasteiger partial charge in [0.2, 0.25) is 0 Å². The lowest BCUT2D eigenvalue weighted by atomic mass is 10.3. The molecule has 4 nitrogen and oxygen atoms in total. The van der Waals surface area contributed by atoms with E-state index in [1.54, 1.807) is 24.3 Å². The molecule has 0 saturated heterocycles. The van der Waals surface area contributed by atoms with E-state index in [2.05, 4.69) is 0 Å². The highest BCUT2D eigenvalue weighted by molar-refractivity contribution is 8.49. The van der Waals surface area contributed by atoms with Gasteiger partial charge in [0.25, 0.3) is 7.96 Å². The Bertz CT molecular complexity index is 364. The van der Waals surface area contributed by atoms with Gasteiger partial charge in [-0.05, 0) is 16.7 Å². The highest BCUT2D eigenvalue weighted by Gasteiger charge is 2.31. The van der Waals surface area contributed by atoms with Crippen LogP contribution < -0.4 is 4.52 Å². The average molecular weight is 251 g/mol. The Morgan fingerprint density at radius 3 is 2.50 bits per heavy atom. The van der Waals surface area contributed by atoms with Crippen LogP contribution in [-0.2, 0) is 9.13 Å². The summed E-state index contributed by atoms with van der Waals surface area (Å²) in [7, 11) is -5.93. The van der Waals surface area contributed by atoms with Gasteiger partial charge < -0.3 is 4.52 Å². The van der Waals surface area contributed by atoms with Gasteiger partial charge in [-0.15, -0.1) is 0 Å². The molecule has 0 aromatic heterocycles. The van der Waals surface area contributed by atoms with E-state index in [1.807, 2.05) is 6.07 Å². The summed E-state index contributed by atoms with van der Waals surface area (Å²) in [4.78, 5) is 8.64. The highest BCUT2D eigenvalue weighted by Crippen LogP contribution is 2.71. The van der Waals surface area contributed by atoms with Crippen molar-refractivity contribution in [3.8, 4) is 5.75 Å². The Morgan fingerprint density at radius 2 is 2.00 bits per heavy atom. The van der Waals surface area contributed by atoms with Crippen LogP contribution >= 0.6 is 22.7 Å². The molecule has 76 valence electrons. The smallest absolute Gasteiger partial charge is 0.438 e. The first-order valence-corrected chi connectivity index (χ1v) is 9.72. The van der Waals surface area contributed by atoms with Gasteiger partial charge in [0.15, 0.2) is 0 Å². The van der Waals surface area contributed by atoms with Crippen LogP contribution in [0.1, 0.15) is 0 Å². The van der Waals surface area contributed by atoms with Gasteiger partial charge in [0.05, 0.1) is 0 Å². The fourth-order valence-electron chi connectivity index (χ4n) is 0.858. The summed E-state index contributed by atoms with van der Waals surface area (Å²) >= 11 is 0. The predicted octanol–water partition coefficient (Wildman–Crippen LogP) is 3.22. The van der Waals surface area contributed by atoms with Crippen molar-refractivity contribution in [2.24, 2.45) is 0 Å². The molecular formula is C7H10O4P3+. The third-order valence-electron chi connectivity index (χ3n) is 1.29. The van der Waals surface area contributed by atoms with Gasteiger partial charge in [-0.1, -0.05) is 18.2 Å². The summed E-state index contributed by atoms with van der Waals surface area (Å²) in [5, 5.41) is 0. The maximum Gasteiger partial charge on any atom is 0.528 e. The molecule has 3 unspecified atom stereocenters. The summed E-state index contributed by atoms with van der Waals surface area (Å²) < 4.78 is 27.3. The van der Waals surface area contributed by atoms with Gasteiger partial charge in [0, 0.05) is 6.66 Å². The molecule has 7 heteroatoms. The fourth-order valence-corrected chi connectivity index (χ4v) is 6.27. The molecule has 1 N–H and O–H groups in total. The lowest BCUT2D eigenvalue weighted by Gasteiger charge is -2.08. The topological polar surface area (TPSA) is 63.6 Å². The zero-order chi connectivity index (χ0) is 10.6. The Morgan fingerprint density at radius 1 is 1.43 bits per heavy atom. The number of rotatable bonds is 4. The fraction of sp³-hybridized carbons (Fsp3) is 0.143. The van der Waals surface area contributed by atoms with Crippen LogP contribution in [0.15, 0.2) is 30.3 Å². The van der Waals surface area contributed by atoms with E-state index < -0.39 is 22.7 Å². The van der Waals surface area contributed by atoms with Crippen molar-refractivity contribution in [2.75, 3.05) is 6.66 Å². The van der Waals surface area contributed by atoms with E-state index in [-0.39, 0.29) is 0 Å². The third-order valence-corrected chi connectivity index (χ3v) is 9.07. The SMILES string of the molecule is CP(=O)(Oc1ccccc1)P[P+](=O)O. The predicted molar refractivity (Wildman–Crippen MR) is 58.7 cm³/mol. The van der Waals surface area contributed by atoms with Crippen LogP contribution in [0.5, 0.6) is 5.75 Å². The van der Waals surface area contributed by atoms with E-state index in [4.69, 9.17) is 9.42 Å². The number of hydrogen-bond acceptors (Lipinski definition) is 3. The Balaban J connectivity index is 2.69. The monoisotopic (exact) mass is 251 g/mol. The first kappa shape index (κ1) is 11.8. The summed E-state index contributed by atoms with van der Waals surface area (Å²) in [6, 6.07) is 8.62. The molecule has 1 rings (SSSR count). The molecule has 1 aromatic rings. The van der Waals surface area contributed by atoms with Crippen LogP contribution in [0, 0.1) is 0 Å². The number of hydrogen-bond donors (Lipinski definition) is 1. The first-order valence-electron chi connectivity index (χ1n) is 3.76. The van der Waals surface area contributed by atoms with Crippen molar-refractivity contribution in [1.29, 1.82) is 0 Å². The van der Waals surface area contributed by atoms with Crippen molar-refractivity contribution in [3.63, 3.8) is 0 Å². The van der Waals surface area contributed by atoms with E-state index in [0.717, 1.165) is 0 Å². The number of benzene rings is 1. The second-order valence-electron chi connectivity index (χ2n) is 2.62. The molecule has 3 atom stereocenters. The van der Waals surface area contributed by atoms with Gasteiger partial charge in [0.1, 0.15) is 5.75 Å². The molecule has 0 fully saturated rings. The van der Waals surface area contributed by atoms with Crippen LogP contribution in [0.3, 0.4) is 0 Å². The van der Waals surface area contributed by atoms with E-state index in [9.17, 15) is 9.13 Å². The standard InChI is InChI=1S/C7H9O4P3/c1-14(10,12-13(8)9)11-7-5-3-2-4-6-7/h2-6,12H,1H3/p+1. The van der Waals surface area contributed by atoms with Crippen molar-refractivity contribution < 1.29 is 18.5 Å². The molecule has 0 saturated carbocycles. The summed E-state index contributed by atoms with van der Waals surface area (Å²) in [5.74, 6) is 0.461. The molecule has 0 radical (unpaired) electrons. The summed E-state index contributed by atoms with van der Waals surface area (Å²) in [6.45, 7) is 1.36. The van der Waals surface area contributed by atoms with Crippen LogP contribution in [0.2, 0.25) is 0 Å². The van der Waals surface area contributed by atoms with E-state index in [1.165, 1.54) is 6.66 Å². The van der Waals surface area contributed by atoms with Gasteiger partial charge in [-0.3, -0.25) is 4.57 Å². The van der Waals surface area contributed by atoms with Gasteiger partial charge in [-0.25, -0.2) is 0 Å². The molecule has 0 aliphatic carbocycles. The lowest BCUT2D eigenvalue weighted by molar-refractivity contribution is 0.504. The first-order chi connectivity index (χ1) is 6.49. The second kappa shape index (κ2) is 5.00. The van der Waals surface area contributed by atoms with Crippen LogP contribution in [0.4, 0.5) is 0 Å². The molecule has 0 aliphatic heterocycles. The second-order valence-corrected chi connectivity index (χ2v) is 11.2. The molecular weight excluding hydrogens is 241 g/mol. The molecule has 0 bridgehead atoms. The Labute approximate surface area is 84.6 Å². The number of para-hydroxylation sites is 1. The highest BCUT2D eigenvalue weighted by atomic mass is 32.4. The quantitative estimate of drug-likeness (QED) is 0.834. The van der Waals surface area contributed by atoms with Crippen molar-refractivity contribution >= 4 is 22.7 Å².